The van der Waals surface area contributed by atoms with Crippen LogP contribution in [0.15, 0.2) is 85.1 Å². The molecule has 0 radical (unpaired) electrons. The number of rotatable bonds is 7. The average molecular weight is 482 g/mol. The van der Waals surface area contributed by atoms with Crippen molar-refractivity contribution < 1.29 is 14.3 Å². The van der Waals surface area contributed by atoms with Crippen LogP contribution in [0.3, 0.4) is 0 Å². The van der Waals surface area contributed by atoms with E-state index in [2.05, 4.69) is 22.9 Å². The Balaban J connectivity index is 1.67. The fraction of sp³-hybridized carbons (Fsp3) is 0.267. The molecule has 5 rings (SSSR count). The molecule has 4 aromatic rings. The standard InChI is InChI=1S/C30H31N3O3/c1-31-20-25(22-13-9-10-16-26(22)31)28-27(30(35)32(2)19-21-11-5-4-6-12-21)23-14-7-8-15-24(23)29(34)33(28)17-18-36-3/h4-16,20,27-28H,17-19H2,1-3H3/t27-,28+/m1/s1. The number of carbonyl (C=O) groups is 2. The molecule has 184 valence electrons. The van der Waals surface area contributed by atoms with Gasteiger partial charge in [0.1, 0.15) is 0 Å². The van der Waals surface area contributed by atoms with E-state index in [1.807, 2.05) is 85.7 Å². The maximum Gasteiger partial charge on any atom is 0.254 e. The molecule has 0 spiro atoms. The highest BCUT2D eigenvalue weighted by atomic mass is 16.5. The van der Waals surface area contributed by atoms with Gasteiger partial charge in [-0.3, -0.25) is 9.59 Å². The first-order valence-corrected chi connectivity index (χ1v) is 12.2. The van der Waals surface area contributed by atoms with Gasteiger partial charge in [0.25, 0.3) is 5.91 Å². The number of benzene rings is 3. The normalized spacial score (nSPS) is 17.3. The molecule has 6 heteroatoms. The van der Waals surface area contributed by atoms with Crippen LogP contribution in [-0.2, 0) is 23.1 Å². The molecule has 1 aliphatic rings. The van der Waals surface area contributed by atoms with Crippen LogP contribution in [0.1, 0.15) is 39.0 Å². The summed E-state index contributed by atoms with van der Waals surface area (Å²) in [6, 6.07) is 25.2. The Morgan fingerprint density at radius 3 is 2.42 bits per heavy atom. The van der Waals surface area contributed by atoms with E-state index in [-0.39, 0.29) is 11.8 Å². The number of likely N-dealkylation sites (N-methyl/N-ethyl adjacent to an activating group) is 1. The molecule has 3 aromatic carbocycles. The molecule has 0 bridgehead atoms. The number of ether oxygens (including phenoxy) is 1. The Bertz CT molecular complexity index is 1400. The first-order chi connectivity index (χ1) is 17.5. The highest BCUT2D eigenvalue weighted by Gasteiger charge is 2.45. The van der Waals surface area contributed by atoms with Gasteiger partial charge in [0.2, 0.25) is 5.91 Å². The van der Waals surface area contributed by atoms with E-state index < -0.39 is 12.0 Å². The Labute approximate surface area is 211 Å². The third-order valence-corrected chi connectivity index (χ3v) is 7.13. The van der Waals surface area contributed by atoms with E-state index in [0.717, 1.165) is 27.6 Å². The minimum atomic E-state index is -0.546. The highest BCUT2D eigenvalue weighted by molar-refractivity contribution is 6.02. The fourth-order valence-electron chi connectivity index (χ4n) is 5.42. The van der Waals surface area contributed by atoms with Crippen molar-refractivity contribution in [2.24, 2.45) is 7.05 Å². The molecule has 0 fully saturated rings. The maximum atomic E-state index is 14.3. The number of methoxy groups -OCH3 is 1. The minimum Gasteiger partial charge on any atom is -0.383 e. The van der Waals surface area contributed by atoms with Crippen LogP contribution in [0.25, 0.3) is 10.9 Å². The van der Waals surface area contributed by atoms with Crippen molar-refractivity contribution in [2.45, 2.75) is 18.5 Å². The summed E-state index contributed by atoms with van der Waals surface area (Å²) in [6.07, 6.45) is 2.06. The lowest BCUT2D eigenvalue weighted by Crippen LogP contribution is -2.48. The second-order valence-corrected chi connectivity index (χ2v) is 9.39. The number of amides is 2. The predicted molar refractivity (Wildman–Crippen MR) is 141 cm³/mol. The highest BCUT2D eigenvalue weighted by Crippen LogP contribution is 2.45. The first-order valence-electron chi connectivity index (χ1n) is 12.2. The van der Waals surface area contributed by atoms with Crippen molar-refractivity contribution in [2.75, 3.05) is 27.3 Å². The lowest BCUT2D eigenvalue weighted by Gasteiger charge is -2.42. The van der Waals surface area contributed by atoms with Gasteiger partial charge in [-0.15, -0.1) is 0 Å². The first kappa shape index (κ1) is 23.8. The summed E-state index contributed by atoms with van der Waals surface area (Å²) < 4.78 is 7.45. The van der Waals surface area contributed by atoms with E-state index in [9.17, 15) is 9.59 Å². The summed E-state index contributed by atoms with van der Waals surface area (Å²) in [5, 5.41) is 1.04. The predicted octanol–water partition coefficient (Wildman–Crippen LogP) is 4.76. The molecular weight excluding hydrogens is 450 g/mol. The number of para-hydroxylation sites is 1. The van der Waals surface area contributed by atoms with Crippen LogP contribution in [0.2, 0.25) is 0 Å². The molecule has 36 heavy (non-hydrogen) atoms. The van der Waals surface area contributed by atoms with Crippen molar-refractivity contribution >= 4 is 22.7 Å². The van der Waals surface area contributed by atoms with Gasteiger partial charge in [-0.25, -0.2) is 0 Å². The van der Waals surface area contributed by atoms with Gasteiger partial charge in [0.05, 0.1) is 18.6 Å². The lowest BCUT2D eigenvalue weighted by molar-refractivity contribution is -0.134. The van der Waals surface area contributed by atoms with Crippen molar-refractivity contribution in [3.8, 4) is 0 Å². The van der Waals surface area contributed by atoms with Crippen LogP contribution >= 0.6 is 0 Å². The largest absolute Gasteiger partial charge is 0.383 e. The number of hydrogen-bond acceptors (Lipinski definition) is 3. The van der Waals surface area contributed by atoms with Crippen molar-refractivity contribution in [3.63, 3.8) is 0 Å². The summed E-state index contributed by atoms with van der Waals surface area (Å²) in [7, 11) is 5.47. The zero-order valence-electron chi connectivity index (χ0n) is 20.9. The zero-order chi connectivity index (χ0) is 25.2. The third-order valence-electron chi connectivity index (χ3n) is 7.13. The van der Waals surface area contributed by atoms with Crippen molar-refractivity contribution in [1.29, 1.82) is 0 Å². The van der Waals surface area contributed by atoms with Gasteiger partial charge in [-0.1, -0.05) is 66.7 Å². The monoisotopic (exact) mass is 481 g/mol. The van der Waals surface area contributed by atoms with E-state index in [1.165, 1.54) is 0 Å². The quantitative estimate of drug-likeness (QED) is 0.382. The van der Waals surface area contributed by atoms with E-state index in [0.29, 0.717) is 25.3 Å². The van der Waals surface area contributed by atoms with Crippen molar-refractivity contribution in [3.05, 3.63) is 107 Å². The average Bonchev–Trinajstić information content (AvgIpc) is 3.24. The molecule has 0 N–H and O–H groups in total. The molecule has 0 saturated heterocycles. The lowest BCUT2D eigenvalue weighted by atomic mass is 9.78. The van der Waals surface area contributed by atoms with E-state index in [1.54, 1.807) is 12.0 Å². The molecule has 1 aliphatic heterocycles. The molecule has 2 atom stereocenters. The summed E-state index contributed by atoms with van der Waals surface area (Å²) in [5.74, 6) is -0.634. The van der Waals surface area contributed by atoms with Crippen molar-refractivity contribution in [1.82, 2.24) is 14.4 Å². The summed E-state index contributed by atoms with van der Waals surface area (Å²) >= 11 is 0. The second-order valence-electron chi connectivity index (χ2n) is 9.39. The van der Waals surface area contributed by atoms with Crippen LogP contribution < -0.4 is 0 Å². The van der Waals surface area contributed by atoms with Gasteiger partial charge in [0.15, 0.2) is 0 Å². The Morgan fingerprint density at radius 2 is 1.64 bits per heavy atom. The van der Waals surface area contributed by atoms with Gasteiger partial charge in [-0.05, 0) is 23.3 Å². The minimum absolute atomic E-state index is 0.0147. The number of aromatic nitrogens is 1. The molecule has 2 heterocycles. The third kappa shape index (κ3) is 4.18. The van der Waals surface area contributed by atoms with Gasteiger partial charge in [0, 0.05) is 62.5 Å². The van der Waals surface area contributed by atoms with E-state index >= 15 is 0 Å². The zero-order valence-corrected chi connectivity index (χ0v) is 20.9. The van der Waals surface area contributed by atoms with Gasteiger partial charge >= 0.3 is 0 Å². The molecule has 1 aromatic heterocycles. The molecule has 0 aliphatic carbocycles. The van der Waals surface area contributed by atoms with Crippen LogP contribution in [0, 0.1) is 0 Å². The van der Waals surface area contributed by atoms with Crippen LogP contribution in [0.4, 0.5) is 0 Å². The number of fused-ring (bicyclic) bond motifs is 2. The molecule has 0 unspecified atom stereocenters. The summed E-state index contributed by atoms with van der Waals surface area (Å²) in [5.41, 5.74) is 4.45. The van der Waals surface area contributed by atoms with Gasteiger partial charge < -0.3 is 19.1 Å². The van der Waals surface area contributed by atoms with Gasteiger partial charge in [-0.2, -0.15) is 0 Å². The summed E-state index contributed by atoms with van der Waals surface area (Å²) in [6.45, 7) is 1.27. The number of aryl methyl sites for hydroxylation is 1. The van der Waals surface area contributed by atoms with Crippen LogP contribution in [0.5, 0.6) is 0 Å². The number of nitrogens with zero attached hydrogens (tertiary/aromatic N) is 3. The maximum absolute atomic E-state index is 14.3. The topological polar surface area (TPSA) is 54.8 Å². The SMILES string of the molecule is COCCN1C(=O)c2ccccc2[C@@H](C(=O)N(C)Cc2ccccc2)[C@@H]1c1cn(C)c2ccccc12. The van der Waals surface area contributed by atoms with E-state index in [4.69, 9.17) is 4.74 Å². The molecule has 6 nitrogen and oxygen atoms in total. The summed E-state index contributed by atoms with van der Waals surface area (Å²) in [4.78, 5) is 31.7. The van der Waals surface area contributed by atoms with Crippen LogP contribution in [-0.4, -0.2) is 53.5 Å². The number of hydrogen-bond donors (Lipinski definition) is 0. The number of carbonyl (C=O) groups excluding carboxylic acids is 2. The molecule has 2 amide bonds. The fourth-order valence-corrected chi connectivity index (χ4v) is 5.42. The Morgan fingerprint density at radius 1 is 0.944 bits per heavy atom. The molecule has 0 saturated carbocycles. The molecular formula is C30H31N3O3. The Hall–Kier alpha value is -3.90. The Kier molecular flexibility index (Phi) is 6.61. The second kappa shape index (κ2) is 9.99. The smallest absolute Gasteiger partial charge is 0.254 e.